The highest BCUT2D eigenvalue weighted by Crippen LogP contribution is 2.26. The first-order valence-electron chi connectivity index (χ1n) is 25.3. The molecule has 1 rings (SSSR count). The van der Waals surface area contributed by atoms with Crippen LogP contribution in [0.4, 0.5) is 0 Å². The van der Waals surface area contributed by atoms with Crippen LogP contribution in [0.1, 0.15) is 155 Å². The Morgan fingerprint density at radius 3 is 1.41 bits per heavy atom. The maximum Gasteiger partial charge on any atom is 0.397 e. The number of rotatable bonds is 42. The third kappa shape index (κ3) is 37.4. The van der Waals surface area contributed by atoms with E-state index in [9.17, 15) is 33.1 Å². The summed E-state index contributed by atoms with van der Waals surface area (Å²) in [6.45, 7) is 3.66. The quantitative estimate of drug-likeness (QED) is 0.0197. The summed E-state index contributed by atoms with van der Waals surface area (Å²) in [5.41, 5.74) is 0. The summed E-state index contributed by atoms with van der Waals surface area (Å²) in [7, 11) is -5.08. The lowest BCUT2D eigenvalue weighted by Crippen LogP contribution is -2.60. The van der Waals surface area contributed by atoms with Crippen molar-refractivity contribution in [2.24, 2.45) is 0 Å². The number of allylic oxidation sites excluding steroid dienone is 20. The third-order valence-corrected chi connectivity index (χ3v) is 11.0. The lowest BCUT2D eigenvalue weighted by molar-refractivity contribution is -0.301. The zero-order valence-corrected chi connectivity index (χ0v) is 42.2. The van der Waals surface area contributed by atoms with Gasteiger partial charge in [-0.05, 0) is 103 Å². The Morgan fingerprint density at radius 2 is 0.971 bits per heavy atom. The molecule has 0 radical (unpaired) electrons. The average Bonchev–Trinajstić information content (AvgIpc) is 3.31. The van der Waals surface area contributed by atoms with E-state index in [2.05, 4.69) is 140 Å². The molecular formula is C55H88O12S. The number of esters is 1. The zero-order chi connectivity index (χ0) is 49.6. The highest BCUT2D eigenvalue weighted by Gasteiger charge is 2.48. The zero-order valence-electron chi connectivity index (χ0n) is 41.4. The van der Waals surface area contributed by atoms with E-state index in [0.29, 0.717) is 13.0 Å². The van der Waals surface area contributed by atoms with E-state index in [1.165, 1.54) is 19.3 Å². The molecule has 0 bridgehead atoms. The predicted octanol–water partition coefficient (Wildman–Crippen LogP) is 11.7. The number of aliphatic hydroxyl groups is 3. The van der Waals surface area contributed by atoms with Gasteiger partial charge in [0.25, 0.3) is 0 Å². The van der Waals surface area contributed by atoms with Crippen LogP contribution in [0.15, 0.2) is 122 Å². The first kappa shape index (κ1) is 62.5. The molecule has 0 spiro atoms. The van der Waals surface area contributed by atoms with Crippen molar-refractivity contribution in [3.63, 3.8) is 0 Å². The van der Waals surface area contributed by atoms with Crippen molar-refractivity contribution in [1.29, 1.82) is 0 Å². The molecule has 6 atom stereocenters. The van der Waals surface area contributed by atoms with Gasteiger partial charge in [-0.3, -0.25) is 9.35 Å². The van der Waals surface area contributed by atoms with Crippen molar-refractivity contribution < 1.29 is 56.2 Å². The van der Waals surface area contributed by atoms with Crippen molar-refractivity contribution in [2.75, 3.05) is 26.4 Å². The fourth-order valence-electron chi connectivity index (χ4n) is 6.84. The van der Waals surface area contributed by atoms with Crippen molar-refractivity contribution in [2.45, 2.75) is 192 Å². The SMILES string of the molecule is CC/C=C\C/C=C\C/C=C\C/C=C\C/C=C\C/C=C\CCCCC(=O)OC(COCCCCCCCCC/C=C\C/C=C\C/C=C\C/C=C\CC)COC1OC(CO)C(O)C(OS(=O)(=O)O)C1O. The molecule has 1 aliphatic heterocycles. The molecule has 386 valence electrons. The molecule has 0 saturated carbocycles. The molecule has 4 N–H and O–H groups in total. The number of hydrogen-bond acceptors (Lipinski definition) is 11. The van der Waals surface area contributed by atoms with Crippen molar-refractivity contribution in [3.05, 3.63) is 122 Å². The van der Waals surface area contributed by atoms with Crippen LogP contribution in [0.2, 0.25) is 0 Å². The molecular weight excluding hydrogens is 885 g/mol. The monoisotopic (exact) mass is 973 g/mol. The summed E-state index contributed by atoms with van der Waals surface area (Å²) in [6.07, 6.45) is 55.1. The molecule has 1 fully saturated rings. The van der Waals surface area contributed by atoms with Crippen LogP contribution in [0.3, 0.4) is 0 Å². The Balaban J connectivity index is 2.44. The van der Waals surface area contributed by atoms with Crippen molar-refractivity contribution in [1.82, 2.24) is 0 Å². The number of ether oxygens (including phenoxy) is 4. The number of unbranched alkanes of at least 4 members (excludes halogenated alkanes) is 9. The molecule has 6 unspecified atom stereocenters. The molecule has 1 saturated heterocycles. The Kier molecular flexibility index (Phi) is 41.1. The molecule has 0 aromatic carbocycles. The maximum atomic E-state index is 12.9. The van der Waals surface area contributed by atoms with E-state index in [4.69, 9.17) is 18.9 Å². The molecule has 12 nitrogen and oxygen atoms in total. The fourth-order valence-corrected chi connectivity index (χ4v) is 7.35. The molecule has 0 aromatic rings. The van der Waals surface area contributed by atoms with Gasteiger partial charge in [-0.15, -0.1) is 0 Å². The number of carbonyl (C=O) groups is 1. The summed E-state index contributed by atoms with van der Waals surface area (Å²) in [5, 5.41) is 30.8. The van der Waals surface area contributed by atoms with Gasteiger partial charge in [0, 0.05) is 13.0 Å². The highest BCUT2D eigenvalue weighted by molar-refractivity contribution is 7.80. The van der Waals surface area contributed by atoms with Gasteiger partial charge in [0.15, 0.2) is 6.29 Å². The summed E-state index contributed by atoms with van der Waals surface area (Å²) in [5.74, 6) is -0.451. The van der Waals surface area contributed by atoms with E-state index in [-0.39, 0.29) is 19.6 Å². The summed E-state index contributed by atoms with van der Waals surface area (Å²) < 4.78 is 59.2. The Morgan fingerprint density at radius 1 is 0.559 bits per heavy atom. The Bertz CT molecular complexity index is 1640. The average molecular weight is 973 g/mol. The first-order valence-corrected chi connectivity index (χ1v) is 26.7. The van der Waals surface area contributed by atoms with Gasteiger partial charge in [-0.2, -0.15) is 8.42 Å². The van der Waals surface area contributed by atoms with E-state index in [1.807, 2.05) is 0 Å². The van der Waals surface area contributed by atoms with Gasteiger partial charge >= 0.3 is 16.4 Å². The van der Waals surface area contributed by atoms with Crippen LogP contribution in [0.25, 0.3) is 0 Å². The van der Waals surface area contributed by atoms with Crippen LogP contribution in [-0.4, -0.2) is 97.5 Å². The van der Waals surface area contributed by atoms with E-state index < -0.39 is 59.8 Å². The standard InChI is InChI=1S/C55H88O12S/c1-3-5-7-9-11-13-15-17-19-21-23-25-26-28-30-32-34-36-38-40-42-44-51(57)65-49(48-64-55-53(59)54(67-68(60,61)62)52(58)50(46-56)66-55)47-63-45-43-41-39-37-35-33-31-29-27-24-22-20-18-16-14-12-10-8-6-4-2/h5-8,11-14,17-20,23-25,27-28,30,34,36,49-50,52-56,58-59H,3-4,9-10,15-16,21-22,26,29,31-33,35,37-48H2,1-2H3,(H,60,61,62)/b7-5-,8-6-,13-11-,14-12-,19-17-,20-18-,25-23-,27-24-,30-28-,36-34-. The predicted molar refractivity (Wildman–Crippen MR) is 275 cm³/mol. The second-order valence-corrected chi connectivity index (χ2v) is 17.7. The molecule has 0 aromatic heterocycles. The van der Waals surface area contributed by atoms with Crippen molar-refractivity contribution in [3.8, 4) is 0 Å². The van der Waals surface area contributed by atoms with Crippen LogP contribution < -0.4 is 0 Å². The van der Waals surface area contributed by atoms with Crippen LogP contribution >= 0.6 is 0 Å². The second-order valence-electron chi connectivity index (χ2n) is 16.6. The molecule has 1 heterocycles. The summed E-state index contributed by atoms with van der Waals surface area (Å²) in [4.78, 5) is 12.9. The summed E-state index contributed by atoms with van der Waals surface area (Å²) in [6, 6.07) is 0. The van der Waals surface area contributed by atoms with Gasteiger partial charge in [-0.25, -0.2) is 4.18 Å². The topological polar surface area (TPSA) is 178 Å². The minimum atomic E-state index is -5.08. The lowest BCUT2D eigenvalue weighted by Gasteiger charge is -2.41. The molecule has 1 aliphatic rings. The number of carbonyl (C=O) groups excluding carboxylic acids is 1. The molecule has 68 heavy (non-hydrogen) atoms. The second kappa shape index (κ2) is 44.7. The van der Waals surface area contributed by atoms with Gasteiger partial charge in [0.2, 0.25) is 0 Å². The van der Waals surface area contributed by atoms with E-state index >= 15 is 0 Å². The first-order chi connectivity index (χ1) is 33.1. The number of hydrogen-bond donors (Lipinski definition) is 4. The Hall–Kier alpha value is -3.50. The maximum absolute atomic E-state index is 12.9. The van der Waals surface area contributed by atoms with Gasteiger partial charge < -0.3 is 34.3 Å². The molecule has 13 heteroatoms. The van der Waals surface area contributed by atoms with Gasteiger partial charge in [-0.1, -0.05) is 167 Å². The van der Waals surface area contributed by atoms with E-state index in [1.54, 1.807) is 0 Å². The Labute approximate surface area is 410 Å². The lowest BCUT2D eigenvalue weighted by atomic mass is 9.99. The number of aliphatic hydroxyl groups excluding tert-OH is 3. The largest absolute Gasteiger partial charge is 0.457 e. The molecule has 0 aliphatic carbocycles. The van der Waals surface area contributed by atoms with Crippen molar-refractivity contribution >= 4 is 16.4 Å². The summed E-state index contributed by atoms with van der Waals surface area (Å²) >= 11 is 0. The van der Waals surface area contributed by atoms with Crippen LogP contribution in [0.5, 0.6) is 0 Å². The van der Waals surface area contributed by atoms with Gasteiger partial charge in [0.05, 0.1) is 19.8 Å². The normalized spacial score (nSPS) is 20.4. The minimum Gasteiger partial charge on any atom is -0.457 e. The molecule has 0 amide bonds. The smallest absolute Gasteiger partial charge is 0.397 e. The third-order valence-electron chi connectivity index (χ3n) is 10.6. The minimum absolute atomic E-state index is 0.00138. The fraction of sp³-hybridized carbons (Fsp3) is 0.618. The highest BCUT2D eigenvalue weighted by atomic mass is 32.3. The van der Waals surface area contributed by atoms with Crippen LogP contribution in [-0.2, 0) is 38.3 Å². The van der Waals surface area contributed by atoms with Gasteiger partial charge in [0.1, 0.15) is 30.5 Å². The van der Waals surface area contributed by atoms with E-state index in [0.717, 1.165) is 109 Å². The van der Waals surface area contributed by atoms with Crippen LogP contribution in [0, 0.1) is 0 Å².